The zero-order chi connectivity index (χ0) is 11.3. The summed E-state index contributed by atoms with van der Waals surface area (Å²) in [5, 5.41) is 8.54. The van der Waals surface area contributed by atoms with E-state index in [0.29, 0.717) is 0 Å². The molecule has 4 nitrogen and oxygen atoms in total. The molecule has 0 aromatic heterocycles. The molecule has 80 valence electrons. The number of carbonyl (C=O) groups excluding carboxylic acids is 1. The lowest BCUT2D eigenvalue weighted by atomic mass is 10.1. The number of rotatable bonds is 4. The van der Waals surface area contributed by atoms with Gasteiger partial charge in [0.15, 0.2) is 0 Å². The van der Waals surface area contributed by atoms with Crippen LogP contribution in [-0.2, 0) is 27.4 Å². The number of benzene rings is 1. The zero-order valence-corrected chi connectivity index (χ0v) is 8.40. The Morgan fingerprint density at radius 3 is 2.20 bits per heavy atom. The molecular weight excluding hydrogens is 196 g/mol. The molecule has 0 atom stereocenters. The van der Waals surface area contributed by atoms with Gasteiger partial charge in [0.2, 0.25) is 0 Å². The van der Waals surface area contributed by atoms with Gasteiger partial charge in [-0.1, -0.05) is 24.3 Å². The zero-order valence-electron chi connectivity index (χ0n) is 8.40. The van der Waals surface area contributed by atoms with Crippen molar-refractivity contribution in [1.82, 2.24) is 0 Å². The minimum atomic E-state index is -0.859. The Labute approximate surface area is 87.5 Å². The highest BCUT2D eigenvalue weighted by Crippen LogP contribution is 2.06. The Morgan fingerprint density at radius 2 is 1.73 bits per heavy atom. The second-order valence-electron chi connectivity index (χ2n) is 3.17. The van der Waals surface area contributed by atoms with Crippen LogP contribution in [0.5, 0.6) is 0 Å². The molecule has 0 radical (unpaired) electrons. The summed E-state index contributed by atoms with van der Waals surface area (Å²) in [6.45, 7) is 1.57. The first-order valence-electron chi connectivity index (χ1n) is 4.51. The molecule has 0 aliphatic heterocycles. The molecule has 0 fully saturated rings. The van der Waals surface area contributed by atoms with Crippen molar-refractivity contribution in [3.63, 3.8) is 0 Å². The van der Waals surface area contributed by atoms with Crippen LogP contribution < -0.4 is 0 Å². The van der Waals surface area contributed by atoms with Crippen LogP contribution >= 0.6 is 0 Å². The Kier molecular flexibility index (Phi) is 3.85. The first-order valence-corrected chi connectivity index (χ1v) is 4.51. The Hall–Kier alpha value is -1.84. The van der Waals surface area contributed by atoms with E-state index >= 15 is 0 Å². The van der Waals surface area contributed by atoms with Gasteiger partial charge in [0.05, 0.1) is 6.42 Å². The maximum absolute atomic E-state index is 10.5. The van der Waals surface area contributed by atoms with Gasteiger partial charge >= 0.3 is 11.9 Å². The van der Waals surface area contributed by atoms with Crippen molar-refractivity contribution in [2.75, 3.05) is 0 Å². The summed E-state index contributed by atoms with van der Waals surface area (Å²) in [4.78, 5) is 20.9. The van der Waals surface area contributed by atoms with Crippen molar-refractivity contribution in [2.24, 2.45) is 0 Å². The van der Waals surface area contributed by atoms with E-state index in [1.54, 1.807) is 24.3 Å². The molecule has 0 spiro atoms. The van der Waals surface area contributed by atoms with E-state index in [1.165, 1.54) is 6.92 Å². The van der Waals surface area contributed by atoms with Crippen LogP contribution in [0.2, 0.25) is 0 Å². The number of hydrogen-bond donors (Lipinski definition) is 1. The summed E-state index contributed by atoms with van der Waals surface area (Å²) in [5.74, 6) is -1.19. The van der Waals surface area contributed by atoms with Gasteiger partial charge in [-0.25, -0.2) is 0 Å². The fourth-order valence-corrected chi connectivity index (χ4v) is 1.11. The van der Waals surface area contributed by atoms with E-state index in [2.05, 4.69) is 0 Å². The van der Waals surface area contributed by atoms with Gasteiger partial charge in [-0.3, -0.25) is 9.59 Å². The topological polar surface area (TPSA) is 63.6 Å². The molecule has 1 rings (SSSR count). The van der Waals surface area contributed by atoms with Crippen LogP contribution in [0, 0.1) is 0 Å². The van der Waals surface area contributed by atoms with E-state index in [9.17, 15) is 9.59 Å². The van der Waals surface area contributed by atoms with Crippen molar-refractivity contribution < 1.29 is 19.4 Å². The summed E-state index contributed by atoms with van der Waals surface area (Å²) in [5.41, 5.74) is 1.58. The smallest absolute Gasteiger partial charge is 0.307 e. The first kappa shape index (κ1) is 11.2. The van der Waals surface area contributed by atoms with Gasteiger partial charge < -0.3 is 9.84 Å². The van der Waals surface area contributed by atoms with E-state index < -0.39 is 5.97 Å². The van der Waals surface area contributed by atoms with E-state index in [0.717, 1.165) is 11.1 Å². The Balaban J connectivity index is 2.56. The van der Waals surface area contributed by atoms with Crippen molar-refractivity contribution in [1.29, 1.82) is 0 Å². The molecule has 4 heteroatoms. The molecule has 1 N–H and O–H groups in total. The van der Waals surface area contributed by atoms with Crippen molar-refractivity contribution in [2.45, 2.75) is 20.0 Å². The van der Waals surface area contributed by atoms with Gasteiger partial charge in [-0.15, -0.1) is 0 Å². The molecule has 15 heavy (non-hydrogen) atoms. The number of carbonyl (C=O) groups is 2. The average Bonchev–Trinajstić information content (AvgIpc) is 2.16. The summed E-state index contributed by atoms with van der Waals surface area (Å²) < 4.78 is 4.79. The molecule has 0 saturated carbocycles. The summed E-state index contributed by atoms with van der Waals surface area (Å²) >= 11 is 0. The second kappa shape index (κ2) is 5.14. The normalized spacial score (nSPS) is 9.67. The standard InChI is InChI=1S/C11H12O4/c1-8(12)15-7-10-4-2-9(3-5-10)6-11(13)14/h2-5H,6-7H2,1H3,(H,13,14). The van der Waals surface area contributed by atoms with Crippen molar-refractivity contribution >= 4 is 11.9 Å². The summed E-state index contributed by atoms with van der Waals surface area (Å²) in [6.07, 6.45) is 0.00778. The molecule has 0 saturated heterocycles. The highest BCUT2D eigenvalue weighted by atomic mass is 16.5. The van der Waals surface area contributed by atoms with Crippen LogP contribution in [0.4, 0.5) is 0 Å². The minimum Gasteiger partial charge on any atom is -0.481 e. The molecule has 0 bridgehead atoms. The number of hydrogen-bond acceptors (Lipinski definition) is 3. The van der Waals surface area contributed by atoms with Gasteiger partial charge in [0.25, 0.3) is 0 Å². The van der Waals surface area contributed by atoms with Crippen molar-refractivity contribution in [3.05, 3.63) is 35.4 Å². The fourth-order valence-electron chi connectivity index (χ4n) is 1.11. The largest absolute Gasteiger partial charge is 0.481 e. The van der Waals surface area contributed by atoms with Crippen molar-refractivity contribution in [3.8, 4) is 0 Å². The number of aliphatic carboxylic acids is 1. The quantitative estimate of drug-likeness (QED) is 0.759. The van der Waals surface area contributed by atoms with Crippen LogP contribution in [0.15, 0.2) is 24.3 Å². The number of carboxylic acids is 1. The maximum Gasteiger partial charge on any atom is 0.307 e. The SMILES string of the molecule is CC(=O)OCc1ccc(CC(=O)O)cc1. The van der Waals surface area contributed by atoms with E-state index in [4.69, 9.17) is 9.84 Å². The Bertz CT molecular complexity index is 353. The first-order chi connectivity index (χ1) is 7.08. The predicted molar refractivity (Wildman–Crippen MR) is 53.3 cm³/mol. The number of ether oxygens (including phenoxy) is 1. The van der Waals surface area contributed by atoms with E-state index in [1.807, 2.05) is 0 Å². The maximum atomic E-state index is 10.5. The van der Waals surface area contributed by atoms with Crippen LogP contribution in [-0.4, -0.2) is 17.0 Å². The Morgan fingerprint density at radius 1 is 1.20 bits per heavy atom. The molecule has 1 aromatic rings. The summed E-state index contributed by atoms with van der Waals surface area (Å²) in [7, 11) is 0. The average molecular weight is 208 g/mol. The molecular formula is C11H12O4. The lowest BCUT2D eigenvalue weighted by Crippen LogP contribution is -2.01. The molecule has 0 heterocycles. The molecule has 0 amide bonds. The second-order valence-corrected chi connectivity index (χ2v) is 3.17. The van der Waals surface area contributed by atoms with E-state index in [-0.39, 0.29) is 19.0 Å². The molecule has 0 aliphatic carbocycles. The molecule has 1 aromatic carbocycles. The van der Waals surface area contributed by atoms with Gasteiger partial charge in [0.1, 0.15) is 6.61 Å². The van der Waals surface area contributed by atoms with Gasteiger partial charge in [0, 0.05) is 6.92 Å². The monoisotopic (exact) mass is 208 g/mol. The third kappa shape index (κ3) is 4.26. The fraction of sp³-hybridized carbons (Fsp3) is 0.273. The molecule has 0 aliphatic rings. The van der Waals surface area contributed by atoms with Gasteiger partial charge in [-0.2, -0.15) is 0 Å². The third-order valence-corrected chi connectivity index (χ3v) is 1.82. The lowest BCUT2D eigenvalue weighted by Gasteiger charge is -2.02. The van der Waals surface area contributed by atoms with Gasteiger partial charge in [-0.05, 0) is 11.1 Å². The highest BCUT2D eigenvalue weighted by molar-refractivity contribution is 5.70. The summed E-state index contributed by atoms with van der Waals surface area (Å²) in [6, 6.07) is 6.93. The molecule has 0 unspecified atom stereocenters. The lowest BCUT2D eigenvalue weighted by molar-refractivity contribution is -0.142. The predicted octanol–water partition coefficient (Wildman–Crippen LogP) is 1.38. The van der Waals surface area contributed by atoms with Crippen LogP contribution in [0.1, 0.15) is 18.1 Å². The van der Waals surface area contributed by atoms with Crippen LogP contribution in [0.3, 0.4) is 0 Å². The number of esters is 1. The van der Waals surface area contributed by atoms with Crippen LogP contribution in [0.25, 0.3) is 0 Å². The highest BCUT2D eigenvalue weighted by Gasteiger charge is 2.01. The minimum absolute atomic E-state index is 0.00778. The third-order valence-electron chi connectivity index (χ3n) is 1.82. The number of carboxylic acid groups (broad SMARTS) is 1.